The molecular weight excluding hydrogens is 334 g/mol. The van der Waals surface area contributed by atoms with Crippen molar-refractivity contribution >= 4 is 6.03 Å². The van der Waals surface area contributed by atoms with Crippen molar-refractivity contribution in [1.29, 1.82) is 0 Å². The summed E-state index contributed by atoms with van der Waals surface area (Å²) >= 11 is 0. The first-order valence-corrected chi connectivity index (χ1v) is 10.2. The molecule has 2 N–H and O–H groups in total. The molecule has 2 aliphatic rings. The fourth-order valence-corrected chi connectivity index (χ4v) is 4.66. The Kier molecular flexibility index (Phi) is 5.73. The number of nitrogens with zero attached hydrogens (tertiary/aromatic N) is 1. The normalized spacial score (nSPS) is 25.0. The van der Waals surface area contributed by atoms with Crippen molar-refractivity contribution in [3.8, 4) is 0 Å². The third-order valence-electron chi connectivity index (χ3n) is 5.97. The monoisotopic (exact) mass is 363 g/mol. The fraction of sp³-hybridized carbons (Fsp3) is 0.435. The molecule has 0 aliphatic carbocycles. The van der Waals surface area contributed by atoms with Crippen molar-refractivity contribution in [2.45, 2.75) is 63.3 Å². The number of fused-ring (bicyclic) bond motifs is 2. The summed E-state index contributed by atoms with van der Waals surface area (Å²) in [5, 5.41) is 6.22. The lowest BCUT2D eigenvalue weighted by molar-refractivity contribution is 0.0197. The minimum Gasteiger partial charge on any atom is -0.335 e. The molecule has 2 bridgehead atoms. The topological polar surface area (TPSA) is 44.4 Å². The SMILES string of the molecule is O=C(NCc1ccccc1)NC1CC2CCCC(C1)N2Cc1ccccc1. The average Bonchev–Trinajstić information content (AvgIpc) is 2.69. The maximum Gasteiger partial charge on any atom is 0.315 e. The summed E-state index contributed by atoms with van der Waals surface area (Å²) in [6, 6.07) is 22.2. The molecule has 142 valence electrons. The van der Waals surface area contributed by atoms with Crippen molar-refractivity contribution in [3.63, 3.8) is 0 Å². The predicted molar refractivity (Wildman–Crippen MR) is 108 cm³/mol. The summed E-state index contributed by atoms with van der Waals surface area (Å²) in [5.74, 6) is 0. The average molecular weight is 364 g/mol. The van der Waals surface area contributed by atoms with Crippen LogP contribution in [0.3, 0.4) is 0 Å². The summed E-state index contributed by atoms with van der Waals surface area (Å²) in [6.07, 6.45) is 5.91. The number of piperidine rings is 2. The number of hydrogen-bond acceptors (Lipinski definition) is 2. The first-order valence-electron chi connectivity index (χ1n) is 10.2. The molecule has 2 aliphatic heterocycles. The van der Waals surface area contributed by atoms with Crippen LogP contribution in [0.1, 0.15) is 43.2 Å². The first-order chi connectivity index (χ1) is 13.3. The van der Waals surface area contributed by atoms with Crippen molar-refractivity contribution in [2.75, 3.05) is 0 Å². The smallest absolute Gasteiger partial charge is 0.315 e. The van der Waals surface area contributed by atoms with E-state index in [1.807, 2.05) is 30.3 Å². The standard InChI is InChI=1S/C23H29N3O/c27-23(24-16-18-8-3-1-4-9-18)25-20-14-21-12-7-13-22(15-20)26(21)17-19-10-5-2-6-11-19/h1-6,8-11,20-22H,7,12-17H2,(H2,24,25,27). The van der Waals surface area contributed by atoms with E-state index in [0.717, 1.165) is 24.9 Å². The van der Waals surface area contributed by atoms with Gasteiger partial charge in [-0.3, -0.25) is 4.90 Å². The Morgan fingerprint density at radius 3 is 2.11 bits per heavy atom. The summed E-state index contributed by atoms with van der Waals surface area (Å²) in [4.78, 5) is 15.0. The molecule has 0 spiro atoms. The van der Waals surface area contributed by atoms with E-state index in [4.69, 9.17) is 0 Å². The molecule has 0 aromatic heterocycles. The molecule has 27 heavy (non-hydrogen) atoms. The highest BCUT2D eigenvalue weighted by atomic mass is 16.2. The second-order valence-corrected chi connectivity index (χ2v) is 7.88. The van der Waals surface area contributed by atoms with Gasteiger partial charge in [-0.25, -0.2) is 4.79 Å². The van der Waals surface area contributed by atoms with Crippen molar-refractivity contribution in [3.05, 3.63) is 71.8 Å². The zero-order valence-corrected chi connectivity index (χ0v) is 15.8. The molecule has 2 fully saturated rings. The molecule has 2 atom stereocenters. The van der Waals surface area contributed by atoms with Crippen LogP contribution in [0, 0.1) is 0 Å². The van der Waals surface area contributed by atoms with Gasteiger partial charge in [0.2, 0.25) is 0 Å². The molecule has 2 heterocycles. The molecule has 4 rings (SSSR count). The van der Waals surface area contributed by atoms with E-state index in [2.05, 4.69) is 45.9 Å². The highest BCUT2D eigenvalue weighted by Gasteiger charge is 2.38. The van der Waals surface area contributed by atoms with Crippen LogP contribution >= 0.6 is 0 Å². The molecule has 0 radical (unpaired) electrons. The Morgan fingerprint density at radius 1 is 0.889 bits per heavy atom. The number of rotatable bonds is 5. The zero-order valence-electron chi connectivity index (χ0n) is 15.8. The second kappa shape index (κ2) is 8.57. The maximum absolute atomic E-state index is 12.3. The molecule has 2 unspecified atom stereocenters. The number of benzene rings is 2. The Balaban J connectivity index is 1.31. The Hall–Kier alpha value is -2.33. The van der Waals surface area contributed by atoms with Gasteiger partial charge in [0.05, 0.1) is 0 Å². The number of carbonyl (C=O) groups is 1. The molecule has 0 saturated carbocycles. The van der Waals surface area contributed by atoms with Gasteiger partial charge in [0.15, 0.2) is 0 Å². The van der Waals surface area contributed by atoms with Crippen LogP contribution in [-0.2, 0) is 13.1 Å². The van der Waals surface area contributed by atoms with Gasteiger partial charge in [-0.2, -0.15) is 0 Å². The minimum absolute atomic E-state index is 0.0431. The molecule has 4 nitrogen and oxygen atoms in total. The molecule has 2 saturated heterocycles. The molecular formula is C23H29N3O. The van der Waals surface area contributed by atoms with Crippen LogP contribution in [0.2, 0.25) is 0 Å². The van der Waals surface area contributed by atoms with Gasteiger partial charge in [0.25, 0.3) is 0 Å². The summed E-state index contributed by atoms with van der Waals surface area (Å²) in [5.41, 5.74) is 2.52. The van der Waals surface area contributed by atoms with Gasteiger partial charge < -0.3 is 10.6 Å². The van der Waals surface area contributed by atoms with E-state index in [-0.39, 0.29) is 12.1 Å². The number of hydrogen-bond donors (Lipinski definition) is 2. The lowest BCUT2D eigenvalue weighted by Gasteiger charge is -2.49. The lowest BCUT2D eigenvalue weighted by atomic mass is 9.81. The molecule has 4 heteroatoms. The van der Waals surface area contributed by atoms with E-state index in [1.54, 1.807) is 0 Å². The lowest BCUT2D eigenvalue weighted by Crippen LogP contribution is -2.57. The Bertz CT molecular complexity index is 720. The first kappa shape index (κ1) is 18.1. The van der Waals surface area contributed by atoms with Crippen molar-refractivity contribution < 1.29 is 4.79 Å². The minimum atomic E-state index is -0.0431. The number of nitrogens with one attached hydrogen (secondary N) is 2. The predicted octanol–water partition coefficient (Wildman–Crippen LogP) is 4.07. The van der Waals surface area contributed by atoms with Gasteiger partial charge in [0.1, 0.15) is 0 Å². The maximum atomic E-state index is 12.3. The number of carbonyl (C=O) groups excluding carboxylic acids is 1. The highest BCUT2D eigenvalue weighted by molar-refractivity contribution is 5.74. The van der Waals surface area contributed by atoms with Crippen LogP contribution in [0.25, 0.3) is 0 Å². The summed E-state index contributed by atoms with van der Waals surface area (Å²) in [7, 11) is 0. The molecule has 2 aromatic carbocycles. The van der Waals surface area contributed by atoms with E-state index in [9.17, 15) is 4.79 Å². The van der Waals surface area contributed by atoms with Crippen LogP contribution in [0.5, 0.6) is 0 Å². The quantitative estimate of drug-likeness (QED) is 0.841. The molecule has 2 amide bonds. The number of urea groups is 1. The second-order valence-electron chi connectivity index (χ2n) is 7.88. The summed E-state index contributed by atoms with van der Waals surface area (Å²) < 4.78 is 0. The van der Waals surface area contributed by atoms with Crippen LogP contribution < -0.4 is 10.6 Å². The molecule has 2 aromatic rings. The van der Waals surface area contributed by atoms with Gasteiger partial charge in [0, 0.05) is 31.2 Å². The van der Waals surface area contributed by atoms with E-state index < -0.39 is 0 Å². The fourth-order valence-electron chi connectivity index (χ4n) is 4.66. The van der Waals surface area contributed by atoms with Gasteiger partial charge >= 0.3 is 6.03 Å². The van der Waals surface area contributed by atoms with Gasteiger partial charge in [-0.15, -0.1) is 0 Å². The Morgan fingerprint density at radius 2 is 1.48 bits per heavy atom. The van der Waals surface area contributed by atoms with Crippen molar-refractivity contribution in [2.24, 2.45) is 0 Å². The Labute approximate surface area is 162 Å². The van der Waals surface area contributed by atoms with Gasteiger partial charge in [-0.1, -0.05) is 67.1 Å². The van der Waals surface area contributed by atoms with Crippen molar-refractivity contribution in [1.82, 2.24) is 15.5 Å². The zero-order chi connectivity index (χ0) is 18.5. The van der Waals surface area contributed by atoms with E-state index in [0.29, 0.717) is 18.6 Å². The third-order valence-corrected chi connectivity index (χ3v) is 5.97. The third kappa shape index (κ3) is 4.69. The van der Waals surface area contributed by atoms with Gasteiger partial charge in [-0.05, 0) is 36.8 Å². The largest absolute Gasteiger partial charge is 0.335 e. The van der Waals surface area contributed by atoms with E-state index in [1.165, 1.54) is 24.8 Å². The highest BCUT2D eigenvalue weighted by Crippen LogP contribution is 2.35. The van der Waals surface area contributed by atoms with E-state index >= 15 is 0 Å². The van der Waals surface area contributed by atoms with Crippen LogP contribution in [0.4, 0.5) is 4.79 Å². The number of amides is 2. The summed E-state index contributed by atoms with van der Waals surface area (Å²) in [6.45, 7) is 1.61. The van der Waals surface area contributed by atoms with Crippen LogP contribution in [0.15, 0.2) is 60.7 Å². The van der Waals surface area contributed by atoms with Crippen LogP contribution in [-0.4, -0.2) is 29.1 Å².